The number of hydrogen-bond acceptors (Lipinski definition) is 8. The molecule has 8 heteroatoms. The Balaban J connectivity index is 1.29. The smallest absolute Gasteiger partial charge is 0.168 e. The Morgan fingerprint density at radius 3 is 2.39 bits per heavy atom. The summed E-state index contributed by atoms with van der Waals surface area (Å²) in [7, 11) is 0. The number of carbonyl (C=O) groups is 2. The zero-order valence-electron chi connectivity index (χ0n) is 17.8. The minimum absolute atomic E-state index is 0.124. The first-order valence-electron chi connectivity index (χ1n) is 11.1. The number of benzene rings is 1. The van der Waals surface area contributed by atoms with E-state index in [0.717, 1.165) is 44.8 Å². The molecule has 1 saturated heterocycles. The van der Waals surface area contributed by atoms with Crippen LogP contribution in [-0.4, -0.2) is 92.1 Å². The number of hydrogen-bond donors (Lipinski definition) is 2. The number of carbonyl (C=O) groups excluding carboxylic acids is 2. The third-order valence-electron chi connectivity index (χ3n) is 6.20. The molecule has 1 aromatic rings. The van der Waals surface area contributed by atoms with Crippen LogP contribution >= 0.6 is 0 Å². The monoisotopic (exact) mass is 429 g/mol. The first-order chi connectivity index (χ1) is 15.2. The first-order valence-corrected chi connectivity index (χ1v) is 11.1. The van der Waals surface area contributed by atoms with E-state index >= 15 is 0 Å². The van der Waals surface area contributed by atoms with E-state index in [9.17, 15) is 9.59 Å². The van der Waals surface area contributed by atoms with E-state index in [-0.39, 0.29) is 29.7 Å². The van der Waals surface area contributed by atoms with Crippen LogP contribution in [0.4, 0.5) is 0 Å². The number of para-hydroxylation sites is 1. The van der Waals surface area contributed by atoms with Crippen LogP contribution in [0.15, 0.2) is 30.0 Å². The molecule has 31 heavy (non-hydrogen) atoms. The number of fused-ring (bicyclic) bond motifs is 1. The number of Topliss-reactive ketones (excluding diaryl/α,β-unsaturated/α-hetero) is 2. The summed E-state index contributed by atoms with van der Waals surface area (Å²) in [5.41, 5.74) is 1.15. The van der Waals surface area contributed by atoms with Gasteiger partial charge in [0.05, 0.1) is 12.2 Å². The van der Waals surface area contributed by atoms with Crippen molar-refractivity contribution in [1.82, 2.24) is 15.1 Å². The van der Waals surface area contributed by atoms with Gasteiger partial charge in [0.1, 0.15) is 13.2 Å². The summed E-state index contributed by atoms with van der Waals surface area (Å²) in [6, 6.07) is 5.66. The predicted octanol–water partition coefficient (Wildman–Crippen LogP) is 0.557. The van der Waals surface area contributed by atoms with Crippen LogP contribution in [0.1, 0.15) is 24.3 Å². The van der Waals surface area contributed by atoms with Gasteiger partial charge < -0.3 is 19.9 Å². The maximum atomic E-state index is 12.7. The molecule has 1 aromatic carbocycles. The van der Waals surface area contributed by atoms with Crippen molar-refractivity contribution in [3.05, 3.63) is 35.5 Å². The molecule has 8 nitrogen and oxygen atoms in total. The zero-order valence-corrected chi connectivity index (χ0v) is 17.8. The van der Waals surface area contributed by atoms with Gasteiger partial charge in [-0.25, -0.2) is 0 Å². The van der Waals surface area contributed by atoms with E-state index in [2.05, 4.69) is 15.1 Å². The highest BCUT2D eigenvalue weighted by molar-refractivity contribution is 6.22. The number of nitrogens with zero attached hydrogens (tertiary/aromatic N) is 2. The number of ketones is 2. The fourth-order valence-electron chi connectivity index (χ4n) is 4.47. The highest BCUT2D eigenvalue weighted by Gasteiger charge is 2.34. The Kier molecular flexibility index (Phi) is 7.21. The van der Waals surface area contributed by atoms with Crippen molar-refractivity contribution in [3.63, 3.8) is 0 Å². The maximum absolute atomic E-state index is 12.7. The van der Waals surface area contributed by atoms with E-state index < -0.39 is 0 Å². The molecule has 1 saturated carbocycles. The van der Waals surface area contributed by atoms with Gasteiger partial charge in [-0.1, -0.05) is 12.1 Å². The topological polar surface area (TPSA) is 91.3 Å². The first kappa shape index (κ1) is 21.8. The molecule has 0 amide bonds. The summed E-state index contributed by atoms with van der Waals surface area (Å²) in [4.78, 5) is 30.0. The van der Waals surface area contributed by atoms with Crippen molar-refractivity contribution in [2.45, 2.75) is 18.8 Å². The Morgan fingerprint density at radius 2 is 1.68 bits per heavy atom. The summed E-state index contributed by atoms with van der Waals surface area (Å²) in [5, 5.41) is 12.2. The average molecular weight is 430 g/mol. The lowest BCUT2D eigenvalue weighted by molar-refractivity contribution is -0.124. The van der Waals surface area contributed by atoms with E-state index in [4.69, 9.17) is 14.6 Å². The second-order valence-electron chi connectivity index (χ2n) is 8.24. The lowest BCUT2D eigenvalue weighted by Gasteiger charge is -2.34. The van der Waals surface area contributed by atoms with Gasteiger partial charge >= 0.3 is 0 Å². The van der Waals surface area contributed by atoms with Crippen LogP contribution in [0.5, 0.6) is 11.5 Å². The Bertz CT molecular complexity index is 813. The van der Waals surface area contributed by atoms with Gasteiger partial charge in [-0.15, -0.1) is 0 Å². The van der Waals surface area contributed by atoms with Gasteiger partial charge in [-0.3, -0.25) is 19.4 Å². The third-order valence-corrected chi connectivity index (χ3v) is 6.20. The molecule has 0 spiro atoms. The van der Waals surface area contributed by atoms with Gasteiger partial charge in [0, 0.05) is 76.3 Å². The van der Waals surface area contributed by atoms with Crippen LogP contribution < -0.4 is 14.8 Å². The van der Waals surface area contributed by atoms with Gasteiger partial charge in [0.25, 0.3) is 0 Å². The highest BCUT2D eigenvalue weighted by Crippen LogP contribution is 2.42. The van der Waals surface area contributed by atoms with Gasteiger partial charge in [0.2, 0.25) is 0 Å². The molecule has 168 valence electrons. The van der Waals surface area contributed by atoms with Crippen molar-refractivity contribution in [2.24, 2.45) is 0 Å². The van der Waals surface area contributed by atoms with Crippen LogP contribution in [0.3, 0.4) is 0 Å². The SMILES string of the molecule is O=C1CC(c2cccc3c2OCCO3)CC(=O)C1=CNCCN1CCN(CCO)CC1. The lowest BCUT2D eigenvalue weighted by atomic mass is 9.80. The van der Waals surface area contributed by atoms with Crippen molar-refractivity contribution < 1.29 is 24.2 Å². The van der Waals surface area contributed by atoms with Crippen LogP contribution in [0, 0.1) is 0 Å². The van der Waals surface area contributed by atoms with Gasteiger partial charge in [0.15, 0.2) is 23.1 Å². The van der Waals surface area contributed by atoms with E-state index in [1.165, 1.54) is 0 Å². The number of aliphatic hydroxyl groups is 1. The summed E-state index contributed by atoms with van der Waals surface area (Å²) in [6.07, 6.45) is 2.20. The molecule has 2 N–H and O–H groups in total. The minimum Gasteiger partial charge on any atom is -0.486 e. The van der Waals surface area contributed by atoms with Crippen molar-refractivity contribution in [3.8, 4) is 11.5 Å². The maximum Gasteiger partial charge on any atom is 0.168 e. The average Bonchev–Trinajstić information content (AvgIpc) is 2.79. The Labute approximate surface area is 182 Å². The fourth-order valence-corrected chi connectivity index (χ4v) is 4.47. The fraction of sp³-hybridized carbons (Fsp3) is 0.565. The molecule has 0 bridgehead atoms. The molecule has 0 aromatic heterocycles. The Morgan fingerprint density at radius 1 is 1.00 bits per heavy atom. The van der Waals surface area contributed by atoms with Crippen molar-refractivity contribution in [2.75, 3.05) is 65.6 Å². The van der Waals surface area contributed by atoms with Crippen LogP contribution in [0.25, 0.3) is 0 Å². The second kappa shape index (κ2) is 10.3. The van der Waals surface area contributed by atoms with E-state index in [0.29, 0.717) is 44.1 Å². The quantitative estimate of drug-likeness (QED) is 0.369. The standard InChI is InChI=1S/C23H31N3O5/c27-11-10-26-8-6-25(7-9-26)5-4-24-16-19-20(28)14-17(15-21(19)29)18-2-1-3-22-23(18)31-13-12-30-22/h1-3,16-17,24,27H,4-15H2. The molecule has 0 radical (unpaired) electrons. The van der Waals surface area contributed by atoms with Gasteiger partial charge in [-0.05, 0) is 6.07 Å². The Hall–Kier alpha value is -2.42. The van der Waals surface area contributed by atoms with Crippen LogP contribution in [-0.2, 0) is 9.59 Å². The highest BCUT2D eigenvalue weighted by atomic mass is 16.6. The molecule has 0 unspecified atom stereocenters. The van der Waals surface area contributed by atoms with E-state index in [1.54, 1.807) is 6.20 Å². The minimum atomic E-state index is -0.177. The molecule has 2 fully saturated rings. The number of piperazine rings is 1. The number of β-amino-alcohol motifs (C(OH)–C–C–N with tert-alkyl or cyclic N) is 1. The molecule has 0 atom stereocenters. The summed E-state index contributed by atoms with van der Waals surface area (Å²) >= 11 is 0. The zero-order chi connectivity index (χ0) is 21.6. The number of nitrogens with one attached hydrogen (secondary N) is 1. The van der Waals surface area contributed by atoms with E-state index in [1.807, 2.05) is 18.2 Å². The summed E-state index contributed by atoms with van der Waals surface area (Å²) in [6.45, 7) is 7.30. The van der Waals surface area contributed by atoms with Gasteiger partial charge in [-0.2, -0.15) is 0 Å². The normalized spacial score (nSPS) is 22.5. The third kappa shape index (κ3) is 5.26. The molecule has 2 heterocycles. The molecule has 4 rings (SSSR count). The summed E-state index contributed by atoms with van der Waals surface area (Å²) < 4.78 is 11.4. The summed E-state index contributed by atoms with van der Waals surface area (Å²) in [5.74, 6) is 0.929. The number of allylic oxidation sites excluding steroid dienone is 1. The molecular formula is C23H31N3O5. The molecule has 3 aliphatic rings. The lowest BCUT2D eigenvalue weighted by Crippen LogP contribution is -2.48. The number of rotatable bonds is 7. The van der Waals surface area contributed by atoms with Crippen molar-refractivity contribution >= 4 is 11.6 Å². The number of aliphatic hydroxyl groups excluding tert-OH is 1. The largest absolute Gasteiger partial charge is 0.486 e. The number of ether oxygens (including phenoxy) is 2. The predicted molar refractivity (Wildman–Crippen MR) is 115 cm³/mol. The van der Waals surface area contributed by atoms with Crippen LogP contribution in [0.2, 0.25) is 0 Å². The molecular weight excluding hydrogens is 398 g/mol. The second-order valence-corrected chi connectivity index (χ2v) is 8.24. The molecule has 1 aliphatic carbocycles. The molecule has 2 aliphatic heterocycles. The van der Waals surface area contributed by atoms with Crippen molar-refractivity contribution in [1.29, 1.82) is 0 Å².